The molecule has 0 aliphatic heterocycles. The summed E-state index contributed by atoms with van der Waals surface area (Å²) in [4.78, 5) is 45.0. The van der Waals surface area contributed by atoms with E-state index in [-0.39, 0.29) is 11.7 Å². The summed E-state index contributed by atoms with van der Waals surface area (Å²) < 4.78 is 11.1. The monoisotopic (exact) mass is 613 g/mol. The van der Waals surface area contributed by atoms with E-state index in [0.717, 1.165) is 11.3 Å². The average Bonchev–Trinajstić information content (AvgIpc) is 3.12. The number of anilines is 2. The van der Waals surface area contributed by atoms with Crippen LogP contribution in [0.25, 0.3) is 0 Å². The first-order valence-electron chi connectivity index (χ1n) is 15.1. The number of hydrogen-bond donors (Lipinski definition) is 1. The number of carbonyl (C=O) groups excluding carboxylic acids is 3. The van der Waals surface area contributed by atoms with Gasteiger partial charge in [-0.1, -0.05) is 72.8 Å². The number of nitrogens with one attached hydrogen (secondary N) is 1. The van der Waals surface area contributed by atoms with Crippen LogP contribution in [0, 0.1) is 0 Å². The fourth-order valence-corrected chi connectivity index (χ4v) is 5.05. The molecule has 0 aliphatic carbocycles. The number of pyridine rings is 1. The normalized spacial score (nSPS) is 11.2. The number of methoxy groups -OCH3 is 1. The lowest BCUT2D eigenvalue weighted by Gasteiger charge is -2.23. The number of esters is 1. The van der Waals surface area contributed by atoms with Gasteiger partial charge < -0.3 is 19.7 Å². The minimum atomic E-state index is -0.719. The second kappa shape index (κ2) is 15.8. The number of aromatic nitrogens is 1. The quantitative estimate of drug-likeness (QED) is 0.0854. The number of nitrogens with zero attached hydrogens (tertiary/aromatic N) is 2. The Bertz CT molecular complexity index is 1730. The lowest BCUT2D eigenvalue weighted by atomic mass is 10.00. The van der Waals surface area contributed by atoms with E-state index in [1.165, 1.54) is 7.11 Å². The summed E-state index contributed by atoms with van der Waals surface area (Å²) in [6.07, 6.45) is 4.17. The van der Waals surface area contributed by atoms with Crippen molar-refractivity contribution in [2.75, 3.05) is 30.5 Å². The Kier molecular flexibility index (Phi) is 10.9. The number of ketones is 1. The molecule has 0 radical (unpaired) electrons. The van der Waals surface area contributed by atoms with Crippen LogP contribution in [0.5, 0.6) is 5.75 Å². The van der Waals surface area contributed by atoms with Crippen LogP contribution in [-0.4, -0.2) is 48.9 Å². The molecule has 1 atom stereocenters. The summed E-state index contributed by atoms with van der Waals surface area (Å²) >= 11 is 0. The van der Waals surface area contributed by atoms with Gasteiger partial charge in [0.1, 0.15) is 11.8 Å². The average molecular weight is 614 g/mol. The van der Waals surface area contributed by atoms with Crippen molar-refractivity contribution in [1.29, 1.82) is 0 Å². The third-order valence-electron chi connectivity index (χ3n) is 7.42. The van der Waals surface area contributed by atoms with Crippen LogP contribution in [0.1, 0.15) is 38.3 Å². The Labute approximate surface area is 268 Å². The number of ether oxygens (including phenoxy) is 2. The van der Waals surface area contributed by atoms with Gasteiger partial charge in [0.05, 0.1) is 13.7 Å². The molecular weight excluding hydrogens is 578 g/mol. The highest BCUT2D eigenvalue weighted by Crippen LogP contribution is 2.23. The van der Waals surface area contributed by atoms with Crippen LogP contribution >= 0.6 is 0 Å². The maximum atomic E-state index is 13.2. The molecule has 5 rings (SSSR count). The van der Waals surface area contributed by atoms with Gasteiger partial charge in [-0.2, -0.15) is 0 Å². The SMILES string of the molecule is COC(=O)[C@H](Cc1ccc(OCCCN(C(=O)c2ccncc2)c2ccccc2)cc1)Nc1ccccc1C(=O)c1ccccc1. The molecule has 0 aliphatic rings. The van der Waals surface area contributed by atoms with Crippen LogP contribution in [0.3, 0.4) is 0 Å². The lowest BCUT2D eigenvalue weighted by molar-refractivity contribution is -0.141. The Hall–Kier alpha value is -5.76. The summed E-state index contributed by atoms with van der Waals surface area (Å²) in [7, 11) is 1.35. The summed E-state index contributed by atoms with van der Waals surface area (Å²) in [6, 6.07) is 35.9. The predicted octanol–water partition coefficient (Wildman–Crippen LogP) is 6.62. The largest absolute Gasteiger partial charge is 0.494 e. The number of amides is 1. The summed E-state index contributed by atoms with van der Waals surface area (Å²) in [5, 5.41) is 3.24. The van der Waals surface area contributed by atoms with Crippen LogP contribution < -0.4 is 15.0 Å². The molecule has 5 aromatic rings. The van der Waals surface area contributed by atoms with E-state index in [0.29, 0.717) is 54.1 Å². The molecule has 1 amide bonds. The van der Waals surface area contributed by atoms with Gasteiger partial charge in [-0.3, -0.25) is 14.6 Å². The summed E-state index contributed by atoms with van der Waals surface area (Å²) in [6.45, 7) is 0.884. The van der Waals surface area contributed by atoms with Gasteiger partial charge in [0.25, 0.3) is 5.91 Å². The Balaban J connectivity index is 1.19. The highest BCUT2D eigenvalue weighted by Gasteiger charge is 2.23. The second-order valence-corrected chi connectivity index (χ2v) is 10.5. The number of hydrogen-bond acceptors (Lipinski definition) is 7. The molecule has 8 heteroatoms. The fourth-order valence-electron chi connectivity index (χ4n) is 5.05. The summed E-state index contributed by atoms with van der Waals surface area (Å²) in [5.41, 5.74) is 3.87. The molecule has 1 N–H and O–H groups in total. The Morgan fingerprint density at radius 3 is 2.11 bits per heavy atom. The molecule has 0 fully saturated rings. The zero-order valence-corrected chi connectivity index (χ0v) is 25.5. The molecule has 0 saturated heterocycles. The molecule has 232 valence electrons. The zero-order chi connectivity index (χ0) is 32.1. The Morgan fingerprint density at radius 1 is 0.761 bits per heavy atom. The molecule has 46 heavy (non-hydrogen) atoms. The smallest absolute Gasteiger partial charge is 0.328 e. The van der Waals surface area contributed by atoms with Gasteiger partial charge in [-0.05, 0) is 60.5 Å². The first-order valence-corrected chi connectivity index (χ1v) is 15.1. The van der Waals surface area contributed by atoms with E-state index in [4.69, 9.17) is 9.47 Å². The maximum Gasteiger partial charge on any atom is 0.328 e. The van der Waals surface area contributed by atoms with E-state index in [2.05, 4.69) is 10.3 Å². The lowest BCUT2D eigenvalue weighted by Crippen LogP contribution is -2.33. The molecule has 8 nitrogen and oxygen atoms in total. The van der Waals surface area contributed by atoms with Crippen molar-refractivity contribution in [3.63, 3.8) is 0 Å². The second-order valence-electron chi connectivity index (χ2n) is 10.5. The van der Waals surface area contributed by atoms with Gasteiger partial charge in [0, 0.05) is 53.4 Å². The molecular formula is C38H35N3O5. The first kappa shape index (κ1) is 31.7. The number of para-hydroxylation sites is 2. The van der Waals surface area contributed by atoms with Crippen LogP contribution in [0.15, 0.2) is 134 Å². The molecule has 1 heterocycles. The molecule has 0 unspecified atom stereocenters. The van der Waals surface area contributed by atoms with E-state index < -0.39 is 12.0 Å². The third-order valence-corrected chi connectivity index (χ3v) is 7.42. The predicted molar refractivity (Wildman–Crippen MR) is 178 cm³/mol. The minimum Gasteiger partial charge on any atom is -0.494 e. The molecule has 1 aromatic heterocycles. The van der Waals surface area contributed by atoms with E-state index in [9.17, 15) is 14.4 Å². The van der Waals surface area contributed by atoms with Crippen LogP contribution in [0.4, 0.5) is 11.4 Å². The van der Waals surface area contributed by atoms with Crippen molar-refractivity contribution in [3.8, 4) is 5.75 Å². The van der Waals surface area contributed by atoms with Crippen molar-refractivity contribution in [2.45, 2.75) is 18.9 Å². The van der Waals surface area contributed by atoms with Gasteiger partial charge in [-0.15, -0.1) is 0 Å². The summed E-state index contributed by atoms with van der Waals surface area (Å²) in [5.74, 6) is 0.00430. The van der Waals surface area contributed by atoms with Crippen molar-refractivity contribution in [1.82, 2.24) is 4.98 Å². The highest BCUT2D eigenvalue weighted by atomic mass is 16.5. The van der Waals surface area contributed by atoms with Gasteiger partial charge >= 0.3 is 5.97 Å². The van der Waals surface area contributed by atoms with Crippen molar-refractivity contribution in [2.24, 2.45) is 0 Å². The number of rotatable bonds is 14. The van der Waals surface area contributed by atoms with Crippen LogP contribution in [0.2, 0.25) is 0 Å². The highest BCUT2D eigenvalue weighted by molar-refractivity contribution is 6.12. The van der Waals surface area contributed by atoms with E-state index in [1.54, 1.807) is 59.8 Å². The van der Waals surface area contributed by atoms with Gasteiger partial charge in [0.2, 0.25) is 0 Å². The van der Waals surface area contributed by atoms with E-state index in [1.807, 2.05) is 78.9 Å². The third kappa shape index (κ3) is 8.24. The molecule has 0 spiro atoms. The topological polar surface area (TPSA) is 97.8 Å². The van der Waals surface area contributed by atoms with Crippen molar-refractivity contribution >= 4 is 29.0 Å². The molecule has 0 bridgehead atoms. The Morgan fingerprint density at radius 2 is 1.41 bits per heavy atom. The maximum absolute atomic E-state index is 13.2. The first-order chi connectivity index (χ1) is 22.5. The minimum absolute atomic E-state index is 0.0984. The standard InChI is InChI=1S/C38H35N3O5/c1-45-38(44)35(40-34-16-9-8-15-33(34)36(42)29-11-4-2-5-12-29)27-28-17-19-32(20-18-28)46-26-10-25-41(31-13-6-3-7-14-31)37(43)30-21-23-39-24-22-30/h2-9,11-24,35,40H,10,25-27H2,1H3/t35-/m0/s1. The van der Waals surface area contributed by atoms with E-state index >= 15 is 0 Å². The number of benzene rings is 4. The van der Waals surface area contributed by atoms with Crippen LogP contribution in [-0.2, 0) is 16.0 Å². The van der Waals surface area contributed by atoms with Gasteiger partial charge in [-0.25, -0.2) is 4.79 Å². The molecule has 0 saturated carbocycles. The van der Waals surface area contributed by atoms with Gasteiger partial charge in [0.15, 0.2) is 5.78 Å². The van der Waals surface area contributed by atoms with Crippen molar-refractivity contribution in [3.05, 3.63) is 156 Å². The number of carbonyl (C=O) groups is 3. The zero-order valence-electron chi connectivity index (χ0n) is 25.5. The molecule has 4 aromatic carbocycles. The van der Waals surface area contributed by atoms with Crippen molar-refractivity contribution < 1.29 is 23.9 Å². The fraction of sp³-hybridized carbons (Fsp3) is 0.158.